The number of carbonyl (C=O) groups is 2. The number of amides is 2. The van der Waals surface area contributed by atoms with E-state index >= 15 is 0 Å². The van der Waals surface area contributed by atoms with Gasteiger partial charge in [0.2, 0.25) is 0 Å². The van der Waals surface area contributed by atoms with Gasteiger partial charge < -0.3 is 25.4 Å². The van der Waals surface area contributed by atoms with Crippen LogP contribution >= 0.6 is 0 Å². The third kappa shape index (κ3) is 9.19. The number of piperidine rings is 1. The van der Waals surface area contributed by atoms with E-state index < -0.39 is 23.8 Å². The molecular formula is C25H32F5N3O4. The van der Waals surface area contributed by atoms with Crippen LogP contribution in [0.4, 0.5) is 26.7 Å². The fourth-order valence-corrected chi connectivity index (χ4v) is 3.66. The smallest absolute Gasteiger partial charge is 0.490 e. The molecule has 3 N–H and O–H groups in total. The second-order valence-electron chi connectivity index (χ2n) is 8.77. The third-order valence-electron chi connectivity index (χ3n) is 5.80. The standard InChI is InChI=1S/C23H27F2N3O2.C2HF3O2.2H2/c24-18-4-3-17(22(25)13-18)15-28(19-9-11-26-12-10-19)23(29)27-14-16-1-5-20(6-2-16)30-21-7-8-21;3-2(4,5)1(6)7;;/h1-6,13,19,21,26H,7-12,14-15H2,(H,27,29);(H,6,7);2*1H. The summed E-state index contributed by atoms with van der Waals surface area (Å²) in [5.41, 5.74) is 1.27. The van der Waals surface area contributed by atoms with Crippen molar-refractivity contribution in [3.05, 3.63) is 65.2 Å². The number of carbonyl (C=O) groups excluding carboxylic acids is 1. The fraction of sp³-hybridized carbons (Fsp3) is 0.440. The molecule has 2 aliphatic rings. The number of hydrogen-bond donors (Lipinski definition) is 3. The molecule has 0 aromatic heterocycles. The summed E-state index contributed by atoms with van der Waals surface area (Å²) in [6, 6.07) is 11.0. The number of halogens is 5. The van der Waals surface area contributed by atoms with Crippen LogP contribution in [-0.2, 0) is 17.9 Å². The maximum atomic E-state index is 14.2. The molecule has 0 radical (unpaired) electrons. The molecule has 0 spiro atoms. The number of ether oxygens (including phenoxy) is 1. The van der Waals surface area contributed by atoms with E-state index in [-0.39, 0.29) is 21.5 Å². The largest absolute Gasteiger partial charge is 0.490 e. The number of hydrogen-bond acceptors (Lipinski definition) is 4. The lowest BCUT2D eigenvalue weighted by Gasteiger charge is -2.35. The van der Waals surface area contributed by atoms with Crippen LogP contribution in [0.15, 0.2) is 42.5 Å². The summed E-state index contributed by atoms with van der Waals surface area (Å²) in [5, 5.41) is 13.4. The second-order valence-corrected chi connectivity index (χ2v) is 8.77. The molecule has 2 aromatic carbocycles. The van der Waals surface area contributed by atoms with Crippen molar-refractivity contribution in [1.29, 1.82) is 0 Å². The van der Waals surface area contributed by atoms with Gasteiger partial charge in [-0.05, 0) is 62.5 Å². The number of benzene rings is 2. The molecule has 12 heteroatoms. The summed E-state index contributed by atoms with van der Waals surface area (Å²) in [4.78, 5) is 23.6. The predicted molar refractivity (Wildman–Crippen MR) is 128 cm³/mol. The van der Waals surface area contributed by atoms with Gasteiger partial charge in [-0.1, -0.05) is 18.2 Å². The summed E-state index contributed by atoms with van der Waals surface area (Å²) in [6.07, 6.45) is -0.925. The second kappa shape index (κ2) is 12.7. The zero-order valence-corrected chi connectivity index (χ0v) is 19.9. The van der Waals surface area contributed by atoms with Gasteiger partial charge in [0.1, 0.15) is 17.4 Å². The molecule has 2 amide bonds. The maximum Gasteiger partial charge on any atom is 0.490 e. The molecule has 1 saturated carbocycles. The first-order valence-electron chi connectivity index (χ1n) is 11.8. The van der Waals surface area contributed by atoms with Gasteiger partial charge in [0, 0.05) is 27.1 Å². The van der Waals surface area contributed by atoms with Crippen LogP contribution in [0.1, 0.15) is 39.7 Å². The number of rotatable bonds is 7. The summed E-state index contributed by atoms with van der Waals surface area (Å²) >= 11 is 0. The number of urea groups is 1. The monoisotopic (exact) mass is 533 g/mol. The number of nitrogens with zero attached hydrogens (tertiary/aromatic N) is 1. The molecule has 37 heavy (non-hydrogen) atoms. The van der Waals surface area contributed by atoms with Crippen molar-refractivity contribution in [3.8, 4) is 5.75 Å². The average molecular weight is 534 g/mol. The Morgan fingerprint density at radius 2 is 1.68 bits per heavy atom. The summed E-state index contributed by atoms with van der Waals surface area (Å²) in [5.74, 6) is -3.17. The fourth-order valence-electron chi connectivity index (χ4n) is 3.66. The van der Waals surface area contributed by atoms with Crippen LogP contribution in [0, 0.1) is 11.6 Å². The van der Waals surface area contributed by atoms with E-state index in [2.05, 4.69) is 10.6 Å². The minimum Gasteiger partial charge on any atom is -0.490 e. The molecule has 2 aromatic rings. The third-order valence-corrected chi connectivity index (χ3v) is 5.80. The Kier molecular flexibility index (Phi) is 9.67. The van der Waals surface area contributed by atoms with Crippen molar-refractivity contribution in [2.75, 3.05) is 13.1 Å². The highest BCUT2D eigenvalue weighted by Gasteiger charge is 2.38. The Morgan fingerprint density at radius 3 is 2.22 bits per heavy atom. The lowest BCUT2D eigenvalue weighted by atomic mass is 10.0. The molecule has 1 heterocycles. The van der Waals surface area contributed by atoms with Gasteiger partial charge in [0.25, 0.3) is 0 Å². The molecule has 1 saturated heterocycles. The number of nitrogens with one attached hydrogen (secondary N) is 2. The first kappa shape index (κ1) is 28.2. The van der Waals surface area contributed by atoms with E-state index in [0.717, 1.165) is 56.2 Å². The lowest BCUT2D eigenvalue weighted by Crippen LogP contribution is -2.49. The van der Waals surface area contributed by atoms with E-state index in [0.29, 0.717) is 18.2 Å². The number of aliphatic carboxylic acids is 1. The number of carboxylic acid groups (broad SMARTS) is 1. The summed E-state index contributed by atoms with van der Waals surface area (Å²) in [7, 11) is 0. The van der Waals surface area contributed by atoms with Crippen molar-refractivity contribution in [1.82, 2.24) is 15.5 Å². The van der Waals surface area contributed by atoms with Gasteiger partial charge in [0.05, 0.1) is 12.6 Å². The van der Waals surface area contributed by atoms with Gasteiger partial charge in [-0.15, -0.1) is 0 Å². The molecule has 0 bridgehead atoms. The Hall–Kier alpha value is -3.41. The maximum absolute atomic E-state index is 14.2. The van der Waals surface area contributed by atoms with Crippen molar-refractivity contribution in [2.45, 2.75) is 57.1 Å². The number of alkyl halides is 3. The minimum absolute atomic E-state index is 0. The normalized spacial score (nSPS) is 15.8. The van der Waals surface area contributed by atoms with Crippen molar-refractivity contribution in [3.63, 3.8) is 0 Å². The van der Waals surface area contributed by atoms with Crippen molar-refractivity contribution >= 4 is 12.0 Å². The topological polar surface area (TPSA) is 90.9 Å². The summed E-state index contributed by atoms with van der Waals surface area (Å²) < 4.78 is 64.9. The zero-order chi connectivity index (χ0) is 27.0. The molecule has 1 aliphatic carbocycles. The van der Waals surface area contributed by atoms with Crippen LogP contribution in [-0.4, -0.2) is 53.4 Å². The molecule has 2 fully saturated rings. The quantitative estimate of drug-likeness (QED) is 0.431. The van der Waals surface area contributed by atoms with Crippen molar-refractivity contribution < 1.29 is 44.2 Å². The van der Waals surface area contributed by atoms with Gasteiger partial charge in [-0.25, -0.2) is 18.4 Å². The van der Waals surface area contributed by atoms with Gasteiger partial charge in [0.15, 0.2) is 0 Å². The predicted octanol–water partition coefficient (Wildman–Crippen LogP) is 5.10. The molecule has 206 valence electrons. The highest BCUT2D eigenvalue weighted by molar-refractivity contribution is 5.74. The minimum atomic E-state index is -5.08. The molecule has 4 rings (SSSR count). The Balaban J connectivity index is 0.000000752. The van der Waals surface area contributed by atoms with Gasteiger partial charge >= 0.3 is 18.2 Å². The van der Waals surface area contributed by atoms with Crippen LogP contribution in [0.25, 0.3) is 0 Å². The highest BCUT2D eigenvalue weighted by Crippen LogP contribution is 2.26. The molecular weight excluding hydrogens is 501 g/mol. The Morgan fingerprint density at radius 1 is 1.05 bits per heavy atom. The van der Waals surface area contributed by atoms with Crippen LogP contribution in [0.5, 0.6) is 5.75 Å². The zero-order valence-electron chi connectivity index (χ0n) is 19.9. The average Bonchev–Trinajstić information content (AvgIpc) is 3.67. The van der Waals surface area contributed by atoms with Gasteiger partial charge in [-0.3, -0.25) is 0 Å². The SMILES string of the molecule is O=C(NCc1ccc(OC2CC2)cc1)N(Cc1ccc(F)cc1F)C1CCNCC1.O=C(O)C(F)(F)F.[HH].[HH]. The van der Waals surface area contributed by atoms with Gasteiger partial charge in [-0.2, -0.15) is 13.2 Å². The van der Waals surface area contributed by atoms with Crippen LogP contribution in [0.2, 0.25) is 0 Å². The van der Waals surface area contributed by atoms with Crippen molar-refractivity contribution in [2.24, 2.45) is 0 Å². The molecule has 0 atom stereocenters. The first-order valence-corrected chi connectivity index (χ1v) is 11.8. The van der Waals surface area contributed by atoms with Crippen LogP contribution in [0.3, 0.4) is 0 Å². The molecule has 7 nitrogen and oxygen atoms in total. The molecule has 1 aliphatic heterocycles. The Labute approximate surface area is 213 Å². The Bertz CT molecular complexity index is 1070. The first-order chi connectivity index (χ1) is 17.5. The summed E-state index contributed by atoms with van der Waals surface area (Å²) in [6.45, 7) is 2.10. The van der Waals surface area contributed by atoms with E-state index in [4.69, 9.17) is 14.6 Å². The molecule has 0 unspecified atom stereocenters. The lowest BCUT2D eigenvalue weighted by molar-refractivity contribution is -0.192. The van der Waals surface area contributed by atoms with E-state index in [9.17, 15) is 26.7 Å². The highest BCUT2D eigenvalue weighted by atomic mass is 19.4. The number of carboxylic acids is 1. The van der Waals surface area contributed by atoms with E-state index in [1.165, 1.54) is 12.1 Å². The van der Waals surface area contributed by atoms with E-state index in [1.54, 1.807) is 4.90 Å². The van der Waals surface area contributed by atoms with Crippen LogP contribution < -0.4 is 15.4 Å². The van der Waals surface area contributed by atoms with E-state index in [1.807, 2.05) is 24.3 Å².